The number of nitrogens with one attached hydrogen (secondary N) is 2. The second kappa shape index (κ2) is 6.81. The zero-order valence-electron chi connectivity index (χ0n) is 13.8. The Bertz CT molecular complexity index is 680. The molecule has 23 heavy (non-hydrogen) atoms. The molecule has 1 aliphatic rings. The van der Waals surface area contributed by atoms with E-state index in [0.717, 1.165) is 24.2 Å². The predicted octanol–water partition coefficient (Wildman–Crippen LogP) is 3.29. The largest absolute Gasteiger partial charge is 0.348 e. The lowest BCUT2D eigenvalue weighted by Gasteiger charge is -2.18. The molecule has 2 N–H and O–H groups in total. The van der Waals surface area contributed by atoms with Crippen LogP contribution in [-0.4, -0.2) is 23.5 Å². The van der Waals surface area contributed by atoms with Gasteiger partial charge in [0.1, 0.15) is 0 Å². The van der Waals surface area contributed by atoms with Crippen molar-refractivity contribution >= 4 is 17.2 Å². The Balaban J connectivity index is 1.65. The van der Waals surface area contributed by atoms with E-state index in [4.69, 9.17) is 0 Å². The molecule has 1 aromatic carbocycles. The van der Waals surface area contributed by atoms with Crippen LogP contribution in [0.15, 0.2) is 29.8 Å². The van der Waals surface area contributed by atoms with E-state index in [-0.39, 0.29) is 18.0 Å². The van der Waals surface area contributed by atoms with Gasteiger partial charge in [-0.25, -0.2) is 4.98 Å². The fourth-order valence-electron chi connectivity index (χ4n) is 3.01. The number of hydrogen-bond donors (Lipinski definition) is 2. The average molecular weight is 329 g/mol. The molecule has 1 aliphatic heterocycles. The molecular formula is C18H23N3OS. The molecule has 2 aromatic rings. The van der Waals surface area contributed by atoms with Crippen LogP contribution in [-0.2, 0) is 4.79 Å². The van der Waals surface area contributed by atoms with E-state index in [0.29, 0.717) is 5.92 Å². The summed E-state index contributed by atoms with van der Waals surface area (Å²) in [5.74, 6) is 0.673. The normalized spacial score (nSPS) is 22.0. The Labute approximate surface area is 141 Å². The van der Waals surface area contributed by atoms with Gasteiger partial charge in [0.2, 0.25) is 5.91 Å². The van der Waals surface area contributed by atoms with E-state index in [1.54, 1.807) is 11.3 Å². The lowest BCUT2D eigenvalue weighted by atomic mass is 10.0. The molecule has 2 heterocycles. The number of nitrogens with zero attached hydrogens (tertiary/aromatic N) is 1. The lowest BCUT2D eigenvalue weighted by Crippen LogP contribution is -2.41. The number of rotatable bonds is 4. The highest BCUT2D eigenvalue weighted by Gasteiger charge is 2.27. The van der Waals surface area contributed by atoms with Gasteiger partial charge in [-0.05, 0) is 43.9 Å². The smallest absolute Gasteiger partial charge is 0.237 e. The Morgan fingerprint density at radius 2 is 2.13 bits per heavy atom. The summed E-state index contributed by atoms with van der Waals surface area (Å²) < 4.78 is 0. The highest BCUT2D eigenvalue weighted by Crippen LogP contribution is 2.28. The van der Waals surface area contributed by atoms with Gasteiger partial charge in [-0.1, -0.05) is 31.2 Å². The van der Waals surface area contributed by atoms with Crippen LogP contribution in [0.1, 0.15) is 37.6 Å². The third-order valence-corrected chi connectivity index (χ3v) is 5.42. The standard InChI is InChI=1S/C18H23N3OS/c1-11-8-16(19-9-11)18(22)21-12(2)14-4-6-15(7-5-14)17-13(3)20-10-23-17/h4-7,10-12,16,19H,8-9H2,1-3H3,(H,21,22)/t11-,12+,16+/m1/s1. The SMILES string of the molecule is Cc1ncsc1-c1ccc([C@H](C)NC(=O)[C@@H]2C[C@@H](C)CN2)cc1. The van der Waals surface area contributed by atoms with Crippen LogP contribution < -0.4 is 10.6 Å². The molecule has 5 heteroatoms. The number of thiazole rings is 1. The van der Waals surface area contributed by atoms with Crippen molar-refractivity contribution in [3.63, 3.8) is 0 Å². The highest BCUT2D eigenvalue weighted by molar-refractivity contribution is 7.13. The summed E-state index contributed by atoms with van der Waals surface area (Å²) in [6.07, 6.45) is 0.919. The van der Waals surface area contributed by atoms with Gasteiger partial charge >= 0.3 is 0 Å². The number of aromatic nitrogens is 1. The topological polar surface area (TPSA) is 54.0 Å². The Hall–Kier alpha value is -1.72. The zero-order valence-corrected chi connectivity index (χ0v) is 14.6. The van der Waals surface area contributed by atoms with Gasteiger partial charge in [0, 0.05) is 0 Å². The van der Waals surface area contributed by atoms with Crippen molar-refractivity contribution in [2.75, 3.05) is 6.54 Å². The molecule has 0 bridgehead atoms. The maximum atomic E-state index is 12.3. The predicted molar refractivity (Wildman–Crippen MR) is 94.4 cm³/mol. The van der Waals surface area contributed by atoms with Gasteiger partial charge in [-0.15, -0.1) is 11.3 Å². The monoisotopic (exact) mass is 329 g/mol. The summed E-state index contributed by atoms with van der Waals surface area (Å²) >= 11 is 1.66. The number of benzene rings is 1. The van der Waals surface area contributed by atoms with Crippen LogP contribution in [0, 0.1) is 12.8 Å². The molecule has 0 unspecified atom stereocenters. The van der Waals surface area contributed by atoms with Crippen molar-refractivity contribution in [3.8, 4) is 10.4 Å². The van der Waals surface area contributed by atoms with Crippen LogP contribution in [0.25, 0.3) is 10.4 Å². The second-order valence-electron chi connectivity index (χ2n) is 6.42. The van der Waals surface area contributed by atoms with E-state index in [1.165, 1.54) is 10.4 Å². The van der Waals surface area contributed by atoms with Crippen molar-refractivity contribution in [2.24, 2.45) is 5.92 Å². The maximum absolute atomic E-state index is 12.3. The molecular weight excluding hydrogens is 306 g/mol. The average Bonchev–Trinajstić information content (AvgIpc) is 3.16. The van der Waals surface area contributed by atoms with Crippen LogP contribution in [0.5, 0.6) is 0 Å². The quantitative estimate of drug-likeness (QED) is 0.905. The number of amides is 1. The van der Waals surface area contributed by atoms with E-state index in [2.05, 4.69) is 46.8 Å². The van der Waals surface area contributed by atoms with Gasteiger partial charge in [-0.3, -0.25) is 4.79 Å². The van der Waals surface area contributed by atoms with Crippen molar-refractivity contribution in [1.82, 2.24) is 15.6 Å². The van der Waals surface area contributed by atoms with Gasteiger partial charge in [0.15, 0.2) is 0 Å². The van der Waals surface area contributed by atoms with Crippen molar-refractivity contribution in [2.45, 2.75) is 39.3 Å². The zero-order chi connectivity index (χ0) is 16.4. The number of aryl methyl sites for hydroxylation is 1. The molecule has 0 spiro atoms. The fraction of sp³-hybridized carbons (Fsp3) is 0.444. The summed E-state index contributed by atoms with van der Waals surface area (Å²) in [6.45, 7) is 7.15. The number of hydrogen-bond acceptors (Lipinski definition) is 4. The first-order valence-electron chi connectivity index (χ1n) is 8.08. The first-order chi connectivity index (χ1) is 11.0. The number of carbonyl (C=O) groups is 1. The third kappa shape index (κ3) is 3.62. The fourth-order valence-corrected chi connectivity index (χ4v) is 3.82. The molecule has 1 aromatic heterocycles. The summed E-state index contributed by atoms with van der Waals surface area (Å²) in [7, 11) is 0. The lowest BCUT2D eigenvalue weighted by molar-refractivity contribution is -0.123. The Kier molecular flexibility index (Phi) is 4.78. The molecule has 3 rings (SSSR count). The van der Waals surface area contributed by atoms with E-state index in [1.807, 2.05) is 19.4 Å². The Morgan fingerprint density at radius 1 is 1.39 bits per heavy atom. The van der Waals surface area contributed by atoms with E-state index in [9.17, 15) is 4.79 Å². The highest BCUT2D eigenvalue weighted by atomic mass is 32.1. The van der Waals surface area contributed by atoms with Crippen LogP contribution in [0.3, 0.4) is 0 Å². The van der Waals surface area contributed by atoms with Crippen LogP contribution in [0.4, 0.5) is 0 Å². The molecule has 3 atom stereocenters. The molecule has 122 valence electrons. The minimum absolute atomic E-state index is 0.0109. The molecule has 1 amide bonds. The molecule has 1 fully saturated rings. The van der Waals surface area contributed by atoms with Crippen LogP contribution >= 0.6 is 11.3 Å². The molecule has 0 aliphatic carbocycles. The third-order valence-electron chi connectivity index (χ3n) is 4.44. The van der Waals surface area contributed by atoms with Crippen molar-refractivity contribution in [1.29, 1.82) is 0 Å². The van der Waals surface area contributed by atoms with Gasteiger partial charge in [0.05, 0.1) is 28.2 Å². The summed E-state index contributed by atoms with van der Waals surface area (Å²) in [4.78, 5) is 17.8. The maximum Gasteiger partial charge on any atom is 0.237 e. The summed E-state index contributed by atoms with van der Waals surface area (Å²) in [5.41, 5.74) is 5.23. The van der Waals surface area contributed by atoms with Gasteiger partial charge in [-0.2, -0.15) is 0 Å². The number of carbonyl (C=O) groups excluding carboxylic acids is 1. The minimum Gasteiger partial charge on any atom is -0.348 e. The van der Waals surface area contributed by atoms with E-state index < -0.39 is 0 Å². The minimum atomic E-state index is -0.0495. The first-order valence-corrected chi connectivity index (χ1v) is 8.96. The first kappa shape index (κ1) is 16.1. The molecule has 4 nitrogen and oxygen atoms in total. The van der Waals surface area contributed by atoms with Gasteiger partial charge in [0.25, 0.3) is 0 Å². The summed E-state index contributed by atoms with van der Waals surface area (Å²) in [6, 6.07) is 8.35. The molecule has 1 saturated heterocycles. The van der Waals surface area contributed by atoms with Crippen molar-refractivity contribution < 1.29 is 4.79 Å². The second-order valence-corrected chi connectivity index (χ2v) is 7.28. The van der Waals surface area contributed by atoms with E-state index >= 15 is 0 Å². The molecule has 0 saturated carbocycles. The van der Waals surface area contributed by atoms with Crippen molar-refractivity contribution in [3.05, 3.63) is 41.0 Å². The van der Waals surface area contributed by atoms with Gasteiger partial charge < -0.3 is 10.6 Å². The summed E-state index contributed by atoms with van der Waals surface area (Å²) in [5, 5.41) is 6.39. The van der Waals surface area contributed by atoms with Crippen LogP contribution in [0.2, 0.25) is 0 Å². The molecule has 0 radical (unpaired) electrons. The Morgan fingerprint density at radius 3 is 2.70 bits per heavy atom.